The molecule has 0 radical (unpaired) electrons. The number of rotatable bonds is 3. The normalized spacial score (nSPS) is 17.6. The Kier molecular flexibility index (Phi) is 3.70. The Bertz CT molecular complexity index is 592. The first-order valence-electron chi connectivity index (χ1n) is 6.90. The number of halogens is 1. The minimum absolute atomic E-state index is 0.239. The second-order valence-electron chi connectivity index (χ2n) is 5.18. The van der Waals surface area contributed by atoms with Gasteiger partial charge in [0.15, 0.2) is 0 Å². The van der Waals surface area contributed by atoms with Gasteiger partial charge >= 0.3 is 0 Å². The van der Waals surface area contributed by atoms with Gasteiger partial charge in [-0.25, -0.2) is 4.39 Å². The van der Waals surface area contributed by atoms with Crippen LogP contribution in [0, 0.1) is 5.82 Å². The van der Waals surface area contributed by atoms with Crippen molar-refractivity contribution in [2.24, 2.45) is 0 Å². The molecular weight excluding hydrogens is 255 g/mol. The SMILES string of the molecule is OC1CCCc2cc(OCc3ccc(F)cc3)ccc21. The fourth-order valence-electron chi connectivity index (χ4n) is 2.60. The zero-order valence-electron chi connectivity index (χ0n) is 11.2. The predicted octanol–water partition coefficient (Wildman–Crippen LogP) is 3.77. The van der Waals surface area contributed by atoms with Crippen LogP contribution in [0.4, 0.5) is 4.39 Å². The highest BCUT2D eigenvalue weighted by atomic mass is 19.1. The summed E-state index contributed by atoms with van der Waals surface area (Å²) < 4.78 is 18.5. The third-order valence-corrected chi connectivity index (χ3v) is 3.72. The van der Waals surface area contributed by atoms with E-state index in [0.29, 0.717) is 6.61 Å². The Morgan fingerprint density at radius 2 is 1.95 bits per heavy atom. The van der Waals surface area contributed by atoms with E-state index in [-0.39, 0.29) is 11.9 Å². The topological polar surface area (TPSA) is 29.5 Å². The van der Waals surface area contributed by atoms with Crippen LogP contribution in [0.25, 0.3) is 0 Å². The van der Waals surface area contributed by atoms with Gasteiger partial charge < -0.3 is 9.84 Å². The van der Waals surface area contributed by atoms with E-state index in [4.69, 9.17) is 4.74 Å². The van der Waals surface area contributed by atoms with Gasteiger partial charge in [0.25, 0.3) is 0 Å². The Hall–Kier alpha value is -1.87. The maximum absolute atomic E-state index is 12.8. The molecule has 0 aliphatic heterocycles. The average Bonchev–Trinajstić information content (AvgIpc) is 2.47. The zero-order valence-corrected chi connectivity index (χ0v) is 11.2. The third kappa shape index (κ3) is 2.83. The zero-order chi connectivity index (χ0) is 13.9. The molecule has 1 N–H and O–H groups in total. The maximum atomic E-state index is 12.8. The molecule has 0 aromatic heterocycles. The molecule has 0 amide bonds. The van der Waals surface area contributed by atoms with Crippen molar-refractivity contribution in [3.05, 3.63) is 65.0 Å². The number of fused-ring (bicyclic) bond motifs is 1. The lowest BCUT2D eigenvalue weighted by atomic mass is 9.89. The van der Waals surface area contributed by atoms with E-state index in [2.05, 4.69) is 0 Å². The summed E-state index contributed by atoms with van der Waals surface area (Å²) >= 11 is 0. The molecule has 0 spiro atoms. The summed E-state index contributed by atoms with van der Waals surface area (Å²) in [5.74, 6) is 0.554. The van der Waals surface area contributed by atoms with Crippen molar-refractivity contribution in [1.29, 1.82) is 0 Å². The maximum Gasteiger partial charge on any atom is 0.123 e. The Morgan fingerprint density at radius 1 is 1.15 bits per heavy atom. The van der Waals surface area contributed by atoms with Crippen LogP contribution < -0.4 is 4.74 Å². The quantitative estimate of drug-likeness (QED) is 0.921. The van der Waals surface area contributed by atoms with Gasteiger partial charge in [0.2, 0.25) is 0 Å². The van der Waals surface area contributed by atoms with Crippen LogP contribution in [-0.2, 0) is 13.0 Å². The summed E-state index contributed by atoms with van der Waals surface area (Å²) in [5, 5.41) is 9.91. The average molecular weight is 272 g/mol. The highest BCUT2D eigenvalue weighted by Gasteiger charge is 2.18. The summed E-state index contributed by atoms with van der Waals surface area (Å²) in [4.78, 5) is 0. The van der Waals surface area contributed by atoms with E-state index < -0.39 is 0 Å². The van der Waals surface area contributed by atoms with Crippen molar-refractivity contribution in [3.63, 3.8) is 0 Å². The van der Waals surface area contributed by atoms with Crippen LogP contribution in [0.15, 0.2) is 42.5 Å². The van der Waals surface area contributed by atoms with Crippen molar-refractivity contribution >= 4 is 0 Å². The van der Waals surface area contributed by atoms with Crippen LogP contribution in [0.3, 0.4) is 0 Å². The first-order chi connectivity index (χ1) is 9.72. The summed E-state index contributed by atoms with van der Waals surface area (Å²) in [6.45, 7) is 0.418. The second-order valence-corrected chi connectivity index (χ2v) is 5.18. The first kappa shape index (κ1) is 13.1. The van der Waals surface area contributed by atoms with Crippen molar-refractivity contribution in [3.8, 4) is 5.75 Å². The lowest BCUT2D eigenvalue weighted by Gasteiger charge is -2.21. The molecule has 1 unspecified atom stereocenters. The number of aliphatic hydroxyl groups excluding tert-OH is 1. The molecule has 0 heterocycles. The Morgan fingerprint density at radius 3 is 2.75 bits per heavy atom. The minimum Gasteiger partial charge on any atom is -0.489 e. The van der Waals surface area contributed by atoms with Crippen LogP contribution in [0.5, 0.6) is 5.75 Å². The molecule has 2 aromatic rings. The molecule has 104 valence electrons. The number of ether oxygens (including phenoxy) is 1. The van der Waals surface area contributed by atoms with E-state index in [0.717, 1.165) is 36.1 Å². The molecule has 3 rings (SSSR count). The van der Waals surface area contributed by atoms with Gasteiger partial charge in [-0.3, -0.25) is 0 Å². The number of aryl methyl sites for hydroxylation is 1. The lowest BCUT2D eigenvalue weighted by molar-refractivity contribution is 0.156. The molecular formula is C17H17FO2. The molecule has 1 atom stereocenters. The van der Waals surface area contributed by atoms with Gasteiger partial charge in [-0.2, -0.15) is 0 Å². The molecule has 0 bridgehead atoms. The molecule has 0 saturated heterocycles. The highest BCUT2D eigenvalue weighted by Crippen LogP contribution is 2.32. The fourth-order valence-corrected chi connectivity index (χ4v) is 2.60. The monoisotopic (exact) mass is 272 g/mol. The fraction of sp³-hybridized carbons (Fsp3) is 0.294. The van der Waals surface area contributed by atoms with Crippen LogP contribution in [0.1, 0.15) is 35.6 Å². The van der Waals surface area contributed by atoms with Gasteiger partial charge in [0.05, 0.1) is 6.10 Å². The molecule has 0 fully saturated rings. The molecule has 1 aliphatic rings. The molecule has 20 heavy (non-hydrogen) atoms. The van der Waals surface area contributed by atoms with Crippen molar-refractivity contribution in [1.82, 2.24) is 0 Å². The first-order valence-corrected chi connectivity index (χ1v) is 6.90. The van der Waals surface area contributed by atoms with E-state index >= 15 is 0 Å². The standard InChI is InChI=1S/C17H17FO2/c18-14-6-4-12(5-7-14)11-20-15-8-9-16-13(10-15)2-1-3-17(16)19/h4-10,17,19H,1-3,11H2. The van der Waals surface area contributed by atoms with Crippen LogP contribution in [0.2, 0.25) is 0 Å². The van der Waals surface area contributed by atoms with Crippen LogP contribution in [-0.4, -0.2) is 5.11 Å². The van der Waals surface area contributed by atoms with Gasteiger partial charge in [0.1, 0.15) is 18.2 Å². The largest absolute Gasteiger partial charge is 0.489 e. The number of benzene rings is 2. The Labute approximate surface area is 117 Å². The summed E-state index contributed by atoms with van der Waals surface area (Å²) in [5.41, 5.74) is 3.12. The van der Waals surface area contributed by atoms with E-state index in [1.807, 2.05) is 18.2 Å². The van der Waals surface area contributed by atoms with Crippen LogP contribution >= 0.6 is 0 Å². The van der Waals surface area contributed by atoms with E-state index in [1.54, 1.807) is 12.1 Å². The van der Waals surface area contributed by atoms with Crippen molar-refractivity contribution in [2.45, 2.75) is 32.0 Å². The van der Waals surface area contributed by atoms with Gasteiger partial charge in [0, 0.05) is 0 Å². The van der Waals surface area contributed by atoms with Crippen molar-refractivity contribution < 1.29 is 14.2 Å². The Balaban J connectivity index is 1.70. The smallest absolute Gasteiger partial charge is 0.123 e. The third-order valence-electron chi connectivity index (χ3n) is 3.72. The summed E-state index contributed by atoms with van der Waals surface area (Å²) in [6.07, 6.45) is 2.49. The number of hydrogen-bond acceptors (Lipinski definition) is 2. The molecule has 2 nitrogen and oxygen atoms in total. The van der Waals surface area contributed by atoms with Crippen molar-refractivity contribution in [2.75, 3.05) is 0 Å². The molecule has 2 aromatic carbocycles. The summed E-state index contributed by atoms with van der Waals surface area (Å²) in [7, 11) is 0. The minimum atomic E-state index is -0.343. The van der Waals surface area contributed by atoms with Gasteiger partial charge in [-0.15, -0.1) is 0 Å². The predicted molar refractivity (Wildman–Crippen MR) is 75.1 cm³/mol. The molecule has 3 heteroatoms. The molecule has 1 aliphatic carbocycles. The molecule has 0 saturated carbocycles. The van der Waals surface area contributed by atoms with E-state index in [9.17, 15) is 9.50 Å². The number of hydrogen-bond donors (Lipinski definition) is 1. The second kappa shape index (κ2) is 5.63. The number of aliphatic hydroxyl groups is 1. The lowest BCUT2D eigenvalue weighted by Crippen LogP contribution is -2.09. The van der Waals surface area contributed by atoms with Gasteiger partial charge in [-0.1, -0.05) is 18.2 Å². The highest BCUT2D eigenvalue weighted by molar-refractivity contribution is 5.38. The van der Waals surface area contributed by atoms with E-state index in [1.165, 1.54) is 17.7 Å². The van der Waals surface area contributed by atoms with Gasteiger partial charge in [-0.05, 0) is 60.2 Å². The summed E-state index contributed by atoms with van der Waals surface area (Å²) in [6, 6.07) is 12.1.